The summed E-state index contributed by atoms with van der Waals surface area (Å²) in [6.45, 7) is 0. The van der Waals surface area contributed by atoms with Crippen molar-refractivity contribution in [2.45, 2.75) is 24.9 Å². The Hall–Kier alpha value is -1.35. The van der Waals surface area contributed by atoms with Gasteiger partial charge in [0.1, 0.15) is 5.92 Å². The lowest BCUT2D eigenvalue weighted by molar-refractivity contribution is -0.145. The molecule has 2 atom stereocenters. The number of carbonyl (C=O) groups excluding carboxylic acids is 1. The van der Waals surface area contributed by atoms with Crippen molar-refractivity contribution in [2.75, 3.05) is 7.11 Å². The molecule has 1 aromatic carbocycles. The van der Waals surface area contributed by atoms with Crippen LogP contribution >= 0.6 is 0 Å². The van der Waals surface area contributed by atoms with Crippen molar-refractivity contribution in [2.24, 2.45) is 0 Å². The molecule has 0 bridgehead atoms. The van der Waals surface area contributed by atoms with Crippen LogP contribution in [0.4, 0.5) is 0 Å². The van der Waals surface area contributed by atoms with Gasteiger partial charge in [0, 0.05) is 0 Å². The van der Waals surface area contributed by atoms with Gasteiger partial charge in [-0.2, -0.15) is 0 Å². The van der Waals surface area contributed by atoms with Gasteiger partial charge in [-0.15, -0.1) is 0 Å². The number of aliphatic hydroxyl groups is 1. The molecule has 0 spiro atoms. The van der Waals surface area contributed by atoms with Gasteiger partial charge in [-0.05, 0) is 24.0 Å². The van der Waals surface area contributed by atoms with Crippen molar-refractivity contribution >= 4 is 5.97 Å². The SMILES string of the molecule is COC(=O)[C@@H]1c2ccccc2CC[C@@H]1O. The zero-order valence-corrected chi connectivity index (χ0v) is 8.64. The fourth-order valence-corrected chi connectivity index (χ4v) is 2.15. The quantitative estimate of drug-likeness (QED) is 0.703. The van der Waals surface area contributed by atoms with E-state index in [-0.39, 0.29) is 5.97 Å². The average Bonchev–Trinajstić information content (AvgIpc) is 2.28. The summed E-state index contributed by atoms with van der Waals surface area (Å²) >= 11 is 0. The molecular weight excluding hydrogens is 192 g/mol. The molecule has 0 aromatic heterocycles. The smallest absolute Gasteiger partial charge is 0.315 e. The van der Waals surface area contributed by atoms with Gasteiger partial charge in [0.05, 0.1) is 13.2 Å². The second-order valence-electron chi connectivity index (χ2n) is 3.81. The normalized spacial score (nSPS) is 24.4. The van der Waals surface area contributed by atoms with Gasteiger partial charge in [0.25, 0.3) is 0 Å². The predicted molar refractivity (Wildman–Crippen MR) is 55.5 cm³/mol. The molecule has 0 fully saturated rings. The van der Waals surface area contributed by atoms with Gasteiger partial charge in [-0.3, -0.25) is 4.79 Å². The minimum Gasteiger partial charge on any atom is -0.468 e. The first-order valence-corrected chi connectivity index (χ1v) is 5.07. The molecular formula is C12H14O3. The van der Waals surface area contributed by atoms with Crippen LogP contribution in [0.5, 0.6) is 0 Å². The maximum absolute atomic E-state index is 11.6. The minimum atomic E-state index is -0.618. The van der Waals surface area contributed by atoms with Gasteiger partial charge in [-0.1, -0.05) is 24.3 Å². The van der Waals surface area contributed by atoms with Crippen molar-refractivity contribution in [3.63, 3.8) is 0 Å². The van der Waals surface area contributed by atoms with E-state index >= 15 is 0 Å². The molecule has 3 nitrogen and oxygen atoms in total. The van der Waals surface area contributed by atoms with Crippen molar-refractivity contribution < 1.29 is 14.6 Å². The van der Waals surface area contributed by atoms with E-state index < -0.39 is 12.0 Å². The topological polar surface area (TPSA) is 46.5 Å². The highest BCUT2D eigenvalue weighted by atomic mass is 16.5. The van der Waals surface area contributed by atoms with Crippen LogP contribution in [0, 0.1) is 0 Å². The second kappa shape index (κ2) is 4.03. The molecule has 1 aliphatic carbocycles. The van der Waals surface area contributed by atoms with Crippen LogP contribution in [0.2, 0.25) is 0 Å². The number of aliphatic hydroxyl groups excluding tert-OH is 1. The average molecular weight is 206 g/mol. The van der Waals surface area contributed by atoms with Crippen LogP contribution in [0.25, 0.3) is 0 Å². The summed E-state index contributed by atoms with van der Waals surface area (Å²) in [4.78, 5) is 11.6. The molecule has 1 aromatic rings. The number of ether oxygens (including phenoxy) is 1. The Bertz CT molecular complexity index is 373. The predicted octanol–water partition coefficient (Wildman–Crippen LogP) is 1.25. The van der Waals surface area contributed by atoms with Crippen LogP contribution in [0.1, 0.15) is 23.5 Å². The first-order chi connectivity index (χ1) is 7.24. The summed E-state index contributed by atoms with van der Waals surface area (Å²) in [5.74, 6) is -0.866. The monoisotopic (exact) mass is 206 g/mol. The fourth-order valence-electron chi connectivity index (χ4n) is 2.15. The molecule has 2 rings (SSSR count). The highest BCUT2D eigenvalue weighted by Crippen LogP contribution is 2.32. The minimum absolute atomic E-state index is 0.352. The van der Waals surface area contributed by atoms with E-state index in [9.17, 15) is 9.90 Å². The zero-order valence-electron chi connectivity index (χ0n) is 8.64. The number of hydrogen-bond donors (Lipinski definition) is 1. The van der Waals surface area contributed by atoms with Crippen LogP contribution < -0.4 is 0 Å². The third kappa shape index (κ3) is 1.75. The number of carbonyl (C=O) groups is 1. The van der Waals surface area contributed by atoms with Gasteiger partial charge in [0.2, 0.25) is 0 Å². The summed E-state index contributed by atoms with van der Waals surface area (Å²) < 4.78 is 4.72. The highest BCUT2D eigenvalue weighted by Gasteiger charge is 2.34. The Kier molecular flexibility index (Phi) is 2.73. The molecule has 15 heavy (non-hydrogen) atoms. The van der Waals surface area contributed by atoms with Crippen molar-refractivity contribution in [1.29, 1.82) is 0 Å². The molecule has 0 saturated heterocycles. The highest BCUT2D eigenvalue weighted by molar-refractivity contribution is 5.79. The third-order valence-electron chi connectivity index (χ3n) is 2.94. The third-order valence-corrected chi connectivity index (χ3v) is 2.94. The van der Waals surface area contributed by atoms with E-state index in [0.29, 0.717) is 6.42 Å². The van der Waals surface area contributed by atoms with Gasteiger partial charge >= 0.3 is 5.97 Å². The number of hydrogen-bond acceptors (Lipinski definition) is 3. The first-order valence-electron chi connectivity index (χ1n) is 5.07. The standard InChI is InChI=1S/C12H14O3/c1-15-12(14)11-9-5-3-2-4-8(9)6-7-10(11)13/h2-5,10-11,13H,6-7H2,1H3/t10-,11+/m0/s1. The summed E-state index contributed by atoms with van der Waals surface area (Å²) in [7, 11) is 1.35. The van der Waals surface area contributed by atoms with Gasteiger partial charge in [-0.25, -0.2) is 0 Å². The summed E-state index contributed by atoms with van der Waals surface area (Å²) in [6, 6.07) is 7.72. The molecule has 0 amide bonds. The van der Waals surface area contributed by atoms with Crippen molar-refractivity contribution in [3.05, 3.63) is 35.4 Å². The van der Waals surface area contributed by atoms with Gasteiger partial charge in [0.15, 0.2) is 0 Å². The lowest BCUT2D eigenvalue weighted by Gasteiger charge is -2.28. The Balaban J connectivity index is 2.41. The molecule has 3 heteroatoms. The van der Waals surface area contributed by atoms with Crippen LogP contribution in [-0.4, -0.2) is 24.3 Å². The Morgan fingerprint density at radius 1 is 1.47 bits per heavy atom. The van der Waals surface area contributed by atoms with E-state index in [4.69, 9.17) is 4.74 Å². The molecule has 0 aliphatic heterocycles. The Morgan fingerprint density at radius 2 is 2.20 bits per heavy atom. The van der Waals surface area contributed by atoms with E-state index in [2.05, 4.69) is 0 Å². The number of methoxy groups -OCH3 is 1. The molecule has 0 heterocycles. The first kappa shape index (κ1) is 10.2. The van der Waals surface area contributed by atoms with Crippen LogP contribution in [0.15, 0.2) is 24.3 Å². The molecule has 1 N–H and O–H groups in total. The Labute approximate surface area is 88.7 Å². The number of rotatable bonds is 1. The van der Waals surface area contributed by atoms with E-state index in [1.807, 2.05) is 24.3 Å². The molecule has 1 aliphatic rings. The largest absolute Gasteiger partial charge is 0.468 e. The summed E-state index contributed by atoms with van der Waals surface area (Å²) in [5.41, 5.74) is 2.04. The number of esters is 1. The number of fused-ring (bicyclic) bond motifs is 1. The maximum atomic E-state index is 11.6. The lowest BCUT2D eigenvalue weighted by atomic mass is 9.81. The lowest BCUT2D eigenvalue weighted by Crippen LogP contribution is -2.31. The maximum Gasteiger partial charge on any atom is 0.315 e. The molecule has 0 unspecified atom stereocenters. The number of benzene rings is 1. The van der Waals surface area contributed by atoms with E-state index in [1.54, 1.807) is 0 Å². The summed E-state index contributed by atoms with van der Waals surface area (Å²) in [6.07, 6.45) is 0.828. The molecule has 80 valence electrons. The van der Waals surface area contributed by atoms with Crippen LogP contribution in [-0.2, 0) is 16.0 Å². The second-order valence-corrected chi connectivity index (χ2v) is 3.81. The zero-order chi connectivity index (χ0) is 10.8. The molecule has 0 saturated carbocycles. The van der Waals surface area contributed by atoms with E-state index in [0.717, 1.165) is 17.5 Å². The Morgan fingerprint density at radius 3 is 2.93 bits per heavy atom. The number of aryl methyl sites for hydroxylation is 1. The van der Waals surface area contributed by atoms with Gasteiger partial charge < -0.3 is 9.84 Å². The summed E-state index contributed by atoms with van der Waals surface area (Å²) in [5, 5.41) is 9.82. The molecule has 0 radical (unpaired) electrons. The van der Waals surface area contributed by atoms with E-state index in [1.165, 1.54) is 7.11 Å². The van der Waals surface area contributed by atoms with Crippen molar-refractivity contribution in [3.8, 4) is 0 Å². The van der Waals surface area contributed by atoms with Crippen LogP contribution in [0.3, 0.4) is 0 Å². The van der Waals surface area contributed by atoms with Crippen molar-refractivity contribution in [1.82, 2.24) is 0 Å². The fraction of sp³-hybridized carbons (Fsp3) is 0.417.